The molecule has 3 rings (SSSR count). The Balaban J connectivity index is 1.81. The Kier molecular flexibility index (Phi) is 7.44. The minimum atomic E-state index is -0.674. The van der Waals surface area contributed by atoms with Crippen LogP contribution in [0, 0.1) is 0 Å². The number of nitrogens with zero attached hydrogens (tertiary/aromatic N) is 1. The quantitative estimate of drug-likeness (QED) is 0.702. The van der Waals surface area contributed by atoms with Gasteiger partial charge in [0.05, 0.1) is 24.2 Å². The lowest BCUT2D eigenvalue weighted by Gasteiger charge is -2.40. The van der Waals surface area contributed by atoms with Crippen LogP contribution in [0.5, 0.6) is 11.5 Å². The summed E-state index contributed by atoms with van der Waals surface area (Å²) in [5.74, 6) is 1.02. The fraction of sp³-hybridized carbons (Fsp3) is 0.417. The summed E-state index contributed by atoms with van der Waals surface area (Å²) in [4.78, 5) is 27.1. The van der Waals surface area contributed by atoms with E-state index in [1.54, 1.807) is 25.0 Å². The number of ether oxygens (including phenoxy) is 2. The summed E-state index contributed by atoms with van der Waals surface area (Å²) in [6, 6.07) is 13.4. The Morgan fingerprint density at radius 1 is 1.16 bits per heavy atom. The number of carbonyl (C=O) groups is 2. The first-order chi connectivity index (χ1) is 14.9. The Labute approximate surface area is 188 Å². The van der Waals surface area contributed by atoms with Crippen LogP contribution < -0.4 is 14.8 Å². The van der Waals surface area contributed by atoms with E-state index in [-0.39, 0.29) is 11.8 Å². The molecule has 0 unspecified atom stereocenters. The molecule has 2 aromatic rings. The molecule has 0 bridgehead atoms. The Morgan fingerprint density at radius 3 is 2.42 bits per heavy atom. The van der Waals surface area contributed by atoms with E-state index in [4.69, 9.17) is 21.1 Å². The molecule has 31 heavy (non-hydrogen) atoms. The zero-order valence-corrected chi connectivity index (χ0v) is 19.0. The molecule has 0 saturated carbocycles. The maximum absolute atomic E-state index is 13.5. The maximum Gasteiger partial charge on any atom is 0.231 e. The van der Waals surface area contributed by atoms with E-state index < -0.39 is 5.41 Å². The molecule has 1 N–H and O–H groups in total. The average molecular weight is 445 g/mol. The van der Waals surface area contributed by atoms with Gasteiger partial charge < -0.3 is 19.7 Å². The van der Waals surface area contributed by atoms with Gasteiger partial charge in [-0.05, 0) is 43.0 Å². The van der Waals surface area contributed by atoms with Gasteiger partial charge in [0.1, 0.15) is 0 Å². The third-order valence-electron chi connectivity index (χ3n) is 5.85. The monoisotopic (exact) mass is 444 g/mol. The number of carbonyl (C=O) groups excluding carboxylic acids is 2. The number of hydrogen-bond acceptors (Lipinski definition) is 4. The highest BCUT2D eigenvalue weighted by molar-refractivity contribution is 6.32. The van der Waals surface area contributed by atoms with Gasteiger partial charge in [0.2, 0.25) is 11.8 Å². The van der Waals surface area contributed by atoms with E-state index in [0.29, 0.717) is 55.6 Å². The van der Waals surface area contributed by atoms with Gasteiger partial charge in [-0.1, -0.05) is 41.9 Å². The summed E-state index contributed by atoms with van der Waals surface area (Å²) in [5, 5.41) is 3.53. The number of hydrogen-bond donors (Lipinski definition) is 1. The third kappa shape index (κ3) is 4.96. The number of amides is 2. The van der Waals surface area contributed by atoms with Crippen LogP contribution >= 0.6 is 11.6 Å². The van der Waals surface area contributed by atoms with Gasteiger partial charge in [0, 0.05) is 26.6 Å². The van der Waals surface area contributed by atoms with E-state index in [2.05, 4.69) is 5.32 Å². The molecular weight excluding hydrogens is 416 g/mol. The lowest BCUT2D eigenvalue weighted by molar-refractivity contribution is -0.135. The number of methoxy groups -OCH3 is 1. The van der Waals surface area contributed by atoms with Crippen molar-refractivity contribution in [3.05, 3.63) is 58.6 Å². The summed E-state index contributed by atoms with van der Waals surface area (Å²) < 4.78 is 11.0. The van der Waals surface area contributed by atoms with Crippen LogP contribution in [0.1, 0.15) is 37.8 Å². The number of benzene rings is 2. The van der Waals surface area contributed by atoms with E-state index >= 15 is 0 Å². The average Bonchev–Trinajstić information content (AvgIpc) is 2.79. The zero-order chi connectivity index (χ0) is 22.4. The Bertz CT molecular complexity index is 925. The lowest BCUT2D eigenvalue weighted by Crippen LogP contribution is -2.52. The van der Waals surface area contributed by atoms with Crippen molar-refractivity contribution in [1.29, 1.82) is 0 Å². The molecule has 2 aromatic carbocycles. The summed E-state index contributed by atoms with van der Waals surface area (Å²) >= 11 is 6.37. The molecule has 2 amide bonds. The third-order valence-corrected chi connectivity index (χ3v) is 6.14. The van der Waals surface area contributed by atoms with Crippen molar-refractivity contribution in [2.75, 3.05) is 26.8 Å². The molecular formula is C24H29ClN2O4. The van der Waals surface area contributed by atoms with E-state index in [1.165, 1.54) is 0 Å². The van der Waals surface area contributed by atoms with Crippen molar-refractivity contribution >= 4 is 23.4 Å². The molecule has 0 aliphatic carbocycles. The van der Waals surface area contributed by atoms with Gasteiger partial charge in [-0.15, -0.1) is 0 Å². The molecule has 1 fully saturated rings. The maximum atomic E-state index is 13.5. The minimum Gasteiger partial charge on any atom is -0.493 e. The first-order valence-electron chi connectivity index (χ1n) is 10.5. The predicted molar refractivity (Wildman–Crippen MR) is 121 cm³/mol. The highest BCUT2D eigenvalue weighted by atomic mass is 35.5. The second kappa shape index (κ2) is 10.1. The lowest BCUT2D eigenvalue weighted by atomic mass is 9.72. The predicted octanol–water partition coefficient (Wildman–Crippen LogP) is 3.94. The Hall–Kier alpha value is -2.73. The molecule has 0 radical (unpaired) electrons. The van der Waals surface area contributed by atoms with E-state index in [9.17, 15) is 9.59 Å². The van der Waals surface area contributed by atoms with Gasteiger partial charge in [-0.3, -0.25) is 9.59 Å². The zero-order valence-electron chi connectivity index (χ0n) is 18.2. The molecule has 1 aliphatic rings. The topological polar surface area (TPSA) is 67.9 Å². The molecule has 166 valence electrons. The highest BCUT2D eigenvalue weighted by Gasteiger charge is 2.43. The Morgan fingerprint density at radius 2 is 1.84 bits per heavy atom. The van der Waals surface area contributed by atoms with Gasteiger partial charge >= 0.3 is 0 Å². The van der Waals surface area contributed by atoms with E-state index in [0.717, 1.165) is 11.1 Å². The highest BCUT2D eigenvalue weighted by Crippen LogP contribution is 2.38. The van der Waals surface area contributed by atoms with E-state index in [1.807, 2.05) is 43.3 Å². The number of nitrogens with one attached hydrogen (secondary N) is 1. The summed E-state index contributed by atoms with van der Waals surface area (Å²) in [7, 11) is 1.56. The largest absolute Gasteiger partial charge is 0.493 e. The SMILES string of the molecule is CCOc1c(Cl)cc(CNC(=O)C2(c3ccccc3)CCN(C(C)=O)CC2)cc1OC. The van der Waals surface area contributed by atoms with Crippen LogP contribution in [0.4, 0.5) is 0 Å². The first kappa shape index (κ1) is 22.9. The number of likely N-dealkylation sites (tertiary alicyclic amines) is 1. The summed E-state index contributed by atoms with van der Waals surface area (Å²) in [6.45, 7) is 5.35. The molecule has 0 atom stereocenters. The van der Waals surface area contributed by atoms with Gasteiger partial charge in [0.15, 0.2) is 11.5 Å². The number of piperidine rings is 1. The molecule has 1 aliphatic heterocycles. The van der Waals surface area contributed by atoms with Crippen LogP contribution in [-0.2, 0) is 21.5 Å². The number of rotatable bonds is 7. The molecule has 0 aromatic heterocycles. The van der Waals surface area contributed by atoms with Crippen molar-refractivity contribution < 1.29 is 19.1 Å². The second-order valence-corrected chi connectivity index (χ2v) is 8.09. The molecule has 1 saturated heterocycles. The van der Waals surface area contributed by atoms with Gasteiger partial charge in [-0.2, -0.15) is 0 Å². The second-order valence-electron chi connectivity index (χ2n) is 7.68. The number of halogens is 1. The normalized spacial score (nSPS) is 15.3. The van der Waals surface area contributed by atoms with Crippen LogP contribution in [0.15, 0.2) is 42.5 Å². The minimum absolute atomic E-state index is 0.0400. The summed E-state index contributed by atoms with van der Waals surface area (Å²) in [6.07, 6.45) is 1.16. The fourth-order valence-corrected chi connectivity index (χ4v) is 4.41. The van der Waals surface area contributed by atoms with Crippen LogP contribution in [-0.4, -0.2) is 43.5 Å². The fourth-order valence-electron chi connectivity index (χ4n) is 4.12. The molecule has 1 heterocycles. The first-order valence-corrected chi connectivity index (χ1v) is 10.9. The smallest absolute Gasteiger partial charge is 0.231 e. The van der Waals surface area contributed by atoms with Crippen molar-refractivity contribution in [3.8, 4) is 11.5 Å². The standard InChI is InChI=1S/C24H29ClN2O4/c1-4-31-22-20(25)14-18(15-21(22)30-3)16-26-23(29)24(19-8-6-5-7-9-19)10-12-27(13-11-24)17(2)28/h5-9,14-15H,4,10-13,16H2,1-3H3,(H,26,29). The van der Waals surface area contributed by atoms with Crippen molar-refractivity contribution in [2.24, 2.45) is 0 Å². The van der Waals surface area contributed by atoms with Crippen LogP contribution in [0.25, 0.3) is 0 Å². The molecule has 7 heteroatoms. The van der Waals surface area contributed by atoms with Gasteiger partial charge in [0.25, 0.3) is 0 Å². The molecule has 6 nitrogen and oxygen atoms in total. The van der Waals surface area contributed by atoms with Crippen LogP contribution in [0.2, 0.25) is 5.02 Å². The van der Waals surface area contributed by atoms with Crippen molar-refractivity contribution in [1.82, 2.24) is 10.2 Å². The van der Waals surface area contributed by atoms with Crippen LogP contribution in [0.3, 0.4) is 0 Å². The molecule has 0 spiro atoms. The van der Waals surface area contributed by atoms with Crippen molar-refractivity contribution in [2.45, 2.75) is 38.6 Å². The summed E-state index contributed by atoms with van der Waals surface area (Å²) in [5.41, 5.74) is 1.12. The van der Waals surface area contributed by atoms with Crippen molar-refractivity contribution in [3.63, 3.8) is 0 Å². The van der Waals surface area contributed by atoms with Gasteiger partial charge in [-0.25, -0.2) is 0 Å².